The average Bonchev–Trinajstić information content (AvgIpc) is 3.51. The summed E-state index contributed by atoms with van der Waals surface area (Å²) in [6.45, 7) is 1.31. The molecule has 1 aliphatic rings. The van der Waals surface area contributed by atoms with E-state index in [9.17, 15) is 4.79 Å². The van der Waals surface area contributed by atoms with E-state index in [0.717, 1.165) is 41.4 Å². The van der Waals surface area contributed by atoms with Crippen LogP contribution in [-0.4, -0.2) is 34.6 Å². The first-order chi connectivity index (χ1) is 14.7. The molecule has 0 bridgehead atoms. The number of amides is 1. The van der Waals surface area contributed by atoms with Crippen LogP contribution in [0.4, 0.5) is 5.69 Å². The third kappa shape index (κ3) is 4.08. The molecule has 3 heterocycles. The Hall–Kier alpha value is -3.16. The maximum atomic E-state index is 12.7. The second-order valence-corrected chi connectivity index (χ2v) is 8.10. The predicted octanol–water partition coefficient (Wildman–Crippen LogP) is 4.87. The van der Waals surface area contributed by atoms with Crippen LogP contribution in [0.25, 0.3) is 16.2 Å². The molecule has 1 aliphatic heterocycles. The molecule has 5 rings (SSSR count). The van der Waals surface area contributed by atoms with Gasteiger partial charge in [-0.2, -0.15) is 0 Å². The number of carbonyl (C=O) groups excluding carboxylic acids is 1. The predicted molar refractivity (Wildman–Crippen MR) is 117 cm³/mol. The number of hydrogen-bond acceptors (Lipinski definition) is 5. The van der Waals surface area contributed by atoms with Crippen molar-refractivity contribution in [2.75, 3.05) is 18.5 Å². The van der Waals surface area contributed by atoms with Gasteiger partial charge >= 0.3 is 0 Å². The zero-order valence-electron chi connectivity index (χ0n) is 16.3. The quantitative estimate of drug-likeness (QED) is 0.484. The molecule has 1 fully saturated rings. The summed E-state index contributed by atoms with van der Waals surface area (Å²) in [7, 11) is 0. The summed E-state index contributed by atoms with van der Waals surface area (Å²) in [5.74, 6) is 0.501. The van der Waals surface area contributed by atoms with E-state index in [2.05, 4.69) is 10.3 Å². The largest absolute Gasteiger partial charge is 0.491 e. The molecule has 7 heteroatoms. The van der Waals surface area contributed by atoms with E-state index in [-0.39, 0.29) is 12.0 Å². The molecule has 30 heavy (non-hydrogen) atoms. The van der Waals surface area contributed by atoms with Gasteiger partial charge in [-0.25, -0.2) is 4.98 Å². The van der Waals surface area contributed by atoms with Gasteiger partial charge in [0, 0.05) is 41.2 Å². The van der Waals surface area contributed by atoms with Gasteiger partial charge in [-0.15, -0.1) is 11.3 Å². The third-order valence-electron chi connectivity index (χ3n) is 5.09. The topological polar surface area (TPSA) is 64.9 Å². The van der Waals surface area contributed by atoms with Crippen LogP contribution in [-0.2, 0) is 4.74 Å². The average molecular weight is 420 g/mol. The number of nitrogens with one attached hydrogen (secondary N) is 1. The summed E-state index contributed by atoms with van der Waals surface area (Å²) >= 11 is 1.60. The van der Waals surface area contributed by atoms with Gasteiger partial charge in [0.25, 0.3) is 5.91 Å². The minimum atomic E-state index is -0.173. The molecule has 1 amide bonds. The van der Waals surface area contributed by atoms with Crippen molar-refractivity contribution in [3.05, 3.63) is 71.9 Å². The first-order valence-corrected chi connectivity index (χ1v) is 10.8. The highest BCUT2D eigenvalue weighted by Gasteiger charge is 2.16. The van der Waals surface area contributed by atoms with Gasteiger partial charge in [0.15, 0.2) is 4.96 Å². The lowest BCUT2D eigenvalue weighted by Gasteiger charge is -2.12. The van der Waals surface area contributed by atoms with E-state index in [0.29, 0.717) is 17.9 Å². The number of rotatable bonds is 6. The molecule has 1 N–H and O–H groups in total. The first-order valence-electron chi connectivity index (χ1n) is 9.93. The molecular weight excluding hydrogens is 398 g/mol. The highest BCUT2D eigenvalue weighted by Crippen LogP contribution is 2.24. The van der Waals surface area contributed by atoms with Crippen molar-refractivity contribution < 1.29 is 14.3 Å². The van der Waals surface area contributed by atoms with E-state index in [4.69, 9.17) is 9.47 Å². The van der Waals surface area contributed by atoms with Gasteiger partial charge in [0.05, 0.1) is 11.8 Å². The Bertz CT molecular complexity index is 1130. The molecule has 0 aliphatic carbocycles. The zero-order valence-corrected chi connectivity index (χ0v) is 17.1. The number of nitrogens with zero attached hydrogens (tertiary/aromatic N) is 2. The number of imidazole rings is 1. The third-order valence-corrected chi connectivity index (χ3v) is 5.86. The summed E-state index contributed by atoms with van der Waals surface area (Å²) in [5.41, 5.74) is 3.21. The summed E-state index contributed by atoms with van der Waals surface area (Å²) in [4.78, 5) is 18.2. The number of carbonyl (C=O) groups is 1. The van der Waals surface area contributed by atoms with Crippen LogP contribution in [0, 0.1) is 0 Å². The Balaban J connectivity index is 1.23. The monoisotopic (exact) mass is 419 g/mol. The Labute approximate surface area is 178 Å². The van der Waals surface area contributed by atoms with Gasteiger partial charge in [0.1, 0.15) is 12.4 Å². The molecule has 1 atom stereocenters. The van der Waals surface area contributed by atoms with Crippen LogP contribution < -0.4 is 10.1 Å². The zero-order chi connectivity index (χ0) is 20.3. The van der Waals surface area contributed by atoms with Gasteiger partial charge < -0.3 is 14.8 Å². The van der Waals surface area contributed by atoms with Crippen molar-refractivity contribution in [2.45, 2.75) is 18.9 Å². The van der Waals surface area contributed by atoms with Crippen molar-refractivity contribution >= 4 is 27.9 Å². The molecule has 0 saturated carbocycles. The number of hydrogen-bond donors (Lipinski definition) is 1. The van der Waals surface area contributed by atoms with Crippen LogP contribution in [0.1, 0.15) is 23.2 Å². The SMILES string of the molecule is O=C(Nc1ccc(-c2cn3ccsc3n2)cc1)c1cccc(OCC2CCCO2)c1. The fourth-order valence-corrected chi connectivity index (χ4v) is 4.19. The summed E-state index contributed by atoms with van der Waals surface area (Å²) < 4.78 is 13.4. The van der Waals surface area contributed by atoms with Crippen molar-refractivity contribution in [3.8, 4) is 17.0 Å². The minimum absolute atomic E-state index is 0.145. The van der Waals surface area contributed by atoms with Gasteiger partial charge in [-0.1, -0.05) is 18.2 Å². The van der Waals surface area contributed by atoms with Crippen molar-refractivity contribution in [2.24, 2.45) is 0 Å². The molecule has 6 nitrogen and oxygen atoms in total. The number of thiazole rings is 1. The Kier molecular flexibility index (Phi) is 5.21. The van der Waals surface area contributed by atoms with Crippen LogP contribution in [0.2, 0.25) is 0 Å². The standard InChI is InChI=1S/C23H21N3O3S/c27-22(17-3-1-4-19(13-17)29-15-20-5-2-11-28-20)24-18-8-6-16(7-9-18)21-14-26-10-12-30-23(26)25-21/h1,3-4,6-10,12-14,20H,2,5,11,15H2,(H,24,27). The van der Waals surface area contributed by atoms with Crippen LogP contribution in [0.3, 0.4) is 0 Å². The van der Waals surface area contributed by atoms with Crippen molar-refractivity contribution in [3.63, 3.8) is 0 Å². The Morgan fingerprint density at radius 1 is 1.27 bits per heavy atom. The highest BCUT2D eigenvalue weighted by atomic mass is 32.1. The number of aromatic nitrogens is 2. The number of anilines is 1. The van der Waals surface area contributed by atoms with Crippen LogP contribution in [0.5, 0.6) is 5.75 Å². The van der Waals surface area contributed by atoms with Crippen molar-refractivity contribution in [1.29, 1.82) is 0 Å². The Morgan fingerprint density at radius 3 is 2.97 bits per heavy atom. The number of ether oxygens (including phenoxy) is 2. The van der Waals surface area contributed by atoms with E-state index in [1.165, 1.54) is 0 Å². The van der Waals surface area contributed by atoms with Gasteiger partial charge in [-0.3, -0.25) is 9.20 Å². The first kappa shape index (κ1) is 18.8. The molecule has 0 spiro atoms. The number of benzene rings is 2. The van der Waals surface area contributed by atoms with E-state index >= 15 is 0 Å². The smallest absolute Gasteiger partial charge is 0.255 e. The maximum Gasteiger partial charge on any atom is 0.255 e. The lowest BCUT2D eigenvalue weighted by atomic mass is 10.1. The van der Waals surface area contributed by atoms with Crippen LogP contribution in [0.15, 0.2) is 66.3 Å². The molecule has 152 valence electrons. The molecule has 2 aromatic carbocycles. The summed E-state index contributed by atoms with van der Waals surface area (Å²) in [5, 5.41) is 4.95. The second kappa shape index (κ2) is 8.30. The van der Waals surface area contributed by atoms with Gasteiger partial charge in [0.2, 0.25) is 0 Å². The van der Waals surface area contributed by atoms with Gasteiger partial charge in [-0.05, 0) is 43.2 Å². The van der Waals surface area contributed by atoms with E-state index in [1.54, 1.807) is 23.5 Å². The van der Waals surface area contributed by atoms with Crippen molar-refractivity contribution in [1.82, 2.24) is 9.38 Å². The van der Waals surface area contributed by atoms with E-state index < -0.39 is 0 Å². The second-order valence-electron chi connectivity index (χ2n) is 7.22. The maximum absolute atomic E-state index is 12.7. The lowest BCUT2D eigenvalue weighted by Crippen LogP contribution is -2.17. The fraction of sp³-hybridized carbons (Fsp3) is 0.217. The molecule has 1 unspecified atom stereocenters. The molecule has 0 radical (unpaired) electrons. The van der Waals surface area contributed by atoms with E-state index in [1.807, 2.05) is 58.6 Å². The lowest BCUT2D eigenvalue weighted by molar-refractivity contribution is 0.0679. The molecule has 4 aromatic rings. The summed E-state index contributed by atoms with van der Waals surface area (Å²) in [6, 6.07) is 14.9. The molecule has 2 aromatic heterocycles. The fourth-order valence-electron chi connectivity index (χ4n) is 3.49. The number of fused-ring (bicyclic) bond motifs is 1. The highest BCUT2D eigenvalue weighted by molar-refractivity contribution is 7.15. The minimum Gasteiger partial charge on any atom is -0.491 e. The molecular formula is C23H21N3O3S. The molecule has 1 saturated heterocycles. The summed E-state index contributed by atoms with van der Waals surface area (Å²) in [6.07, 6.45) is 6.24. The van der Waals surface area contributed by atoms with Crippen LogP contribution >= 0.6 is 11.3 Å². The normalized spacial score (nSPS) is 16.1. The Morgan fingerprint density at radius 2 is 2.17 bits per heavy atom.